The third kappa shape index (κ3) is 1.75. The molecule has 0 aromatic heterocycles. The standard InChI is InChI=1S/C9H10N2O2/c1-7(6-10)9(5-8(12)13)3-2-4-11-9/h2-4,7H,5H2,1H3,(H,12,13). The Morgan fingerprint density at radius 2 is 2.54 bits per heavy atom. The Labute approximate surface area is 76.2 Å². The molecule has 1 N–H and O–H groups in total. The molecule has 0 aliphatic carbocycles. The highest BCUT2D eigenvalue weighted by Crippen LogP contribution is 2.29. The molecule has 1 rings (SSSR count). The summed E-state index contributed by atoms with van der Waals surface area (Å²) in [6.45, 7) is 1.68. The maximum atomic E-state index is 10.6. The average molecular weight is 178 g/mol. The zero-order valence-electron chi connectivity index (χ0n) is 7.27. The van der Waals surface area contributed by atoms with Gasteiger partial charge in [0, 0.05) is 6.21 Å². The fourth-order valence-corrected chi connectivity index (χ4v) is 1.30. The van der Waals surface area contributed by atoms with Crippen molar-refractivity contribution in [3.05, 3.63) is 12.2 Å². The van der Waals surface area contributed by atoms with Crippen molar-refractivity contribution in [2.75, 3.05) is 0 Å². The molecule has 1 aliphatic rings. The largest absolute Gasteiger partial charge is 0.481 e. The molecule has 13 heavy (non-hydrogen) atoms. The second-order valence-electron chi connectivity index (χ2n) is 3.05. The van der Waals surface area contributed by atoms with E-state index in [2.05, 4.69) is 4.99 Å². The van der Waals surface area contributed by atoms with Crippen LogP contribution in [0.1, 0.15) is 13.3 Å². The van der Waals surface area contributed by atoms with Gasteiger partial charge in [-0.25, -0.2) is 0 Å². The third-order valence-electron chi connectivity index (χ3n) is 2.16. The van der Waals surface area contributed by atoms with Gasteiger partial charge in [0.2, 0.25) is 0 Å². The number of carboxylic acids is 1. The van der Waals surface area contributed by atoms with Gasteiger partial charge in [-0.3, -0.25) is 9.79 Å². The molecule has 0 fully saturated rings. The van der Waals surface area contributed by atoms with Gasteiger partial charge in [-0.1, -0.05) is 6.08 Å². The van der Waals surface area contributed by atoms with Crippen LogP contribution in [0, 0.1) is 17.2 Å². The fourth-order valence-electron chi connectivity index (χ4n) is 1.30. The van der Waals surface area contributed by atoms with Crippen molar-refractivity contribution in [1.82, 2.24) is 0 Å². The fraction of sp³-hybridized carbons (Fsp3) is 0.444. The van der Waals surface area contributed by atoms with Gasteiger partial charge < -0.3 is 5.11 Å². The highest BCUT2D eigenvalue weighted by Gasteiger charge is 2.37. The van der Waals surface area contributed by atoms with E-state index in [0.29, 0.717) is 0 Å². The van der Waals surface area contributed by atoms with E-state index in [0.717, 1.165) is 0 Å². The van der Waals surface area contributed by atoms with E-state index in [1.807, 2.05) is 6.07 Å². The van der Waals surface area contributed by atoms with Crippen LogP contribution in [0.25, 0.3) is 0 Å². The minimum absolute atomic E-state index is 0.130. The summed E-state index contributed by atoms with van der Waals surface area (Å²) in [5, 5.41) is 17.4. The van der Waals surface area contributed by atoms with Crippen molar-refractivity contribution in [2.45, 2.75) is 18.9 Å². The Morgan fingerprint density at radius 1 is 1.85 bits per heavy atom. The summed E-state index contributed by atoms with van der Waals surface area (Å²) in [6.07, 6.45) is 4.76. The van der Waals surface area contributed by atoms with Crippen molar-refractivity contribution in [1.29, 1.82) is 5.26 Å². The van der Waals surface area contributed by atoms with Gasteiger partial charge in [-0.2, -0.15) is 5.26 Å². The van der Waals surface area contributed by atoms with E-state index in [-0.39, 0.29) is 6.42 Å². The second-order valence-corrected chi connectivity index (χ2v) is 3.05. The molecule has 0 saturated carbocycles. The summed E-state index contributed by atoms with van der Waals surface area (Å²) in [7, 11) is 0. The molecule has 0 spiro atoms. The zero-order valence-corrected chi connectivity index (χ0v) is 7.27. The van der Waals surface area contributed by atoms with Gasteiger partial charge in [0.15, 0.2) is 0 Å². The Morgan fingerprint density at radius 3 is 2.92 bits per heavy atom. The number of nitrogens with zero attached hydrogens (tertiary/aromatic N) is 2. The molecule has 1 heterocycles. The molecule has 0 bridgehead atoms. The molecule has 68 valence electrons. The summed E-state index contributed by atoms with van der Waals surface area (Å²) in [5.41, 5.74) is -0.847. The lowest BCUT2D eigenvalue weighted by Gasteiger charge is -2.24. The number of rotatable bonds is 3. The topological polar surface area (TPSA) is 73.5 Å². The van der Waals surface area contributed by atoms with Crippen LogP contribution in [0.15, 0.2) is 17.1 Å². The van der Waals surface area contributed by atoms with Crippen LogP contribution >= 0.6 is 0 Å². The van der Waals surface area contributed by atoms with Crippen molar-refractivity contribution < 1.29 is 9.90 Å². The van der Waals surface area contributed by atoms with Crippen molar-refractivity contribution in [3.8, 4) is 6.07 Å². The molecule has 0 amide bonds. The molecule has 0 radical (unpaired) electrons. The van der Waals surface area contributed by atoms with Crippen LogP contribution in [0.2, 0.25) is 0 Å². The quantitative estimate of drug-likeness (QED) is 0.700. The van der Waals surface area contributed by atoms with Crippen LogP contribution in [0.5, 0.6) is 0 Å². The van der Waals surface area contributed by atoms with Crippen LogP contribution < -0.4 is 0 Å². The minimum Gasteiger partial charge on any atom is -0.481 e. The minimum atomic E-state index is -0.939. The monoisotopic (exact) mass is 178 g/mol. The van der Waals surface area contributed by atoms with E-state index in [4.69, 9.17) is 10.4 Å². The molecule has 0 aromatic carbocycles. The predicted octanol–water partition coefficient (Wildman–Crippen LogP) is 1.00. The zero-order chi connectivity index (χ0) is 9.90. The lowest BCUT2D eigenvalue weighted by Crippen LogP contribution is -2.32. The second kappa shape index (κ2) is 3.40. The van der Waals surface area contributed by atoms with Crippen LogP contribution in [0.3, 0.4) is 0 Å². The number of carboxylic acid groups (broad SMARTS) is 1. The number of carbonyl (C=O) groups is 1. The Kier molecular flexibility index (Phi) is 2.47. The van der Waals surface area contributed by atoms with Crippen molar-refractivity contribution in [3.63, 3.8) is 0 Å². The van der Waals surface area contributed by atoms with Gasteiger partial charge >= 0.3 is 5.97 Å². The van der Waals surface area contributed by atoms with Crippen molar-refractivity contribution in [2.24, 2.45) is 10.9 Å². The van der Waals surface area contributed by atoms with Gasteiger partial charge in [-0.15, -0.1) is 0 Å². The highest BCUT2D eigenvalue weighted by molar-refractivity contribution is 5.78. The Hall–Kier alpha value is -1.63. The first-order valence-electron chi connectivity index (χ1n) is 3.95. The van der Waals surface area contributed by atoms with Gasteiger partial charge in [0.05, 0.1) is 18.4 Å². The number of aliphatic imine (C=N–C) groups is 1. The van der Waals surface area contributed by atoms with E-state index in [1.54, 1.807) is 19.1 Å². The van der Waals surface area contributed by atoms with E-state index < -0.39 is 17.4 Å². The first kappa shape index (κ1) is 9.46. The first-order valence-corrected chi connectivity index (χ1v) is 3.95. The summed E-state index contributed by atoms with van der Waals surface area (Å²) >= 11 is 0. The average Bonchev–Trinajstić information content (AvgIpc) is 2.51. The van der Waals surface area contributed by atoms with E-state index >= 15 is 0 Å². The maximum Gasteiger partial charge on any atom is 0.306 e. The molecule has 2 unspecified atom stereocenters. The molecule has 0 saturated heterocycles. The SMILES string of the molecule is CC(C#N)C1(CC(=O)O)C=CC=N1. The summed E-state index contributed by atoms with van der Waals surface area (Å²) in [6, 6.07) is 2.02. The lowest BCUT2D eigenvalue weighted by atomic mass is 9.84. The lowest BCUT2D eigenvalue weighted by molar-refractivity contribution is -0.138. The predicted molar refractivity (Wildman–Crippen MR) is 47.4 cm³/mol. The summed E-state index contributed by atoms with van der Waals surface area (Å²) in [5.74, 6) is -1.36. The van der Waals surface area contributed by atoms with Crippen LogP contribution in [-0.2, 0) is 4.79 Å². The summed E-state index contributed by atoms with van der Waals surface area (Å²) in [4.78, 5) is 14.6. The number of nitriles is 1. The molecular formula is C9H10N2O2. The van der Waals surface area contributed by atoms with Gasteiger partial charge in [-0.05, 0) is 13.0 Å². The summed E-state index contributed by atoms with van der Waals surface area (Å²) < 4.78 is 0. The number of allylic oxidation sites excluding steroid dienone is 1. The van der Waals surface area contributed by atoms with Crippen LogP contribution in [-0.4, -0.2) is 22.8 Å². The normalized spacial score (nSPS) is 27.1. The Balaban J connectivity index is 2.90. The molecule has 0 aromatic rings. The van der Waals surface area contributed by atoms with Gasteiger partial charge in [0.1, 0.15) is 5.54 Å². The van der Waals surface area contributed by atoms with Crippen molar-refractivity contribution >= 4 is 12.2 Å². The molecule has 4 nitrogen and oxygen atoms in total. The Bertz CT molecular complexity index is 300. The molecule has 2 atom stereocenters. The number of hydrogen-bond acceptors (Lipinski definition) is 3. The smallest absolute Gasteiger partial charge is 0.306 e. The number of hydrogen-bond donors (Lipinski definition) is 1. The van der Waals surface area contributed by atoms with Crippen LogP contribution in [0.4, 0.5) is 0 Å². The molecule has 4 heteroatoms. The first-order chi connectivity index (χ1) is 6.10. The highest BCUT2D eigenvalue weighted by atomic mass is 16.4. The third-order valence-corrected chi connectivity index (χ3v) is 2.16. The van der Waals surface area contributed by atoms with Gasteiger partial charge in [0.25, 0.3) is 0 Å². The maximum absolute atomic E-state index is 10.6. The van der Waals surface area contributed by atoms with E-state index in [1.165, 1.54) is 6.21 Å². The molecular weight excluding hydrogens is 168 g/mol. The number of aliphatic carboxylic acids is 1. The van der Waals surface area contributed by atoms with E-state index in [9.17, 15) is 4.79 Å². The molecule has 1 aliphatic heterocycles.